The van der Waals surface area contributed by atoms with Crippen LogP contribution in [0.25, 0.3) is 0 Å². The summed E-state index contributed by atoms with van der Waals surface area (Å²) in [6, 6.07) is 14.3. The third kappa shape index (κ3) is 3.00. The van der Waals surface area contributed by atoms with Crippen molar-refractivity contribution in [3.8, 4) is 6.07 Å². The third-order valence-electron chi connectivity index (χ3n) is 3.28. The van der Waals surface area contributed by atoms with Gasteiger partial charge in [0.15, 0.2) is 0 Å². The van der Waals surface area contributed by atoms with Crippen LogP contribution in [0.5, 0.6) is 0 Å². The zero-order valence-corrected chi connectivity index (χ0v) is 10.8. The molecule has 0 fully saturated rings. The summed E-state index contributed by atoms with van der Waals surface area (Å²) in [4.78, 5) is 0. The Morgan fingerprint density at radius 3 is 1.75 bits per heavy atom. The highest BCUT2D eigenvalue weighted by atomic mass is 19.4. The Kier molecular flexibility index (Phi) is 3.80. The molecule has 4 heteroatoms. The van der Waals surface area contributed by atoms with Crippen LogP contribution in [-0.2, 0) is 6.18 Å². The number of hydrogen-bond acceptors (Lipinski definition) is 1. The number of hydrogen-bond donors (Lipinski definition) is 0. The summed E-state index contributed by atoms with van der Waals surface area (Å²) in [6.45, 7) is 1.92. The normalized spacial score (nSPS) is 12.8. The first-order valence-electron chi connectivity index (χ1n) is 6.09. The molecule has 20 heavy (non-hydrogen) atoms. The van der Waals surface area contributed by atoms with Gasteiger partial charge in [-0.2, -0.15) is 18.4 Å². The van der Waals surface area contributed by atoms with Crippen LogP contribution in [-0.4, -0.2) is 0 Å². The van der Waals surface area contributed by atoms with Crippen LogP contribution < -0.4 is 0 Å². The van der Waals surface area contributed by atoms with E-state index in [1.807, 2.05) is 25.1 Å². The van der Waals surface area contributed by atoms with Gasteiger partial charge in [-0.1, -0.05) is 31.2 Å². The van der Waals surface area contributed by atoms with Gasteiger partial charge in [-0.05, 0) is 35.4 Å². The zero-order chi connectivity index (χ0) is 14.8. The van der Waals surface area contributed by atoms with Gasteiger partial charge < -0.3 is 0 Å². The number of halogens is 3. The van der Waals surface area contributed by atoms with Crippen molar-refractivity contribution in [1.29, 1.82) is 5.26 Å². The fraction of sp³-hybridized carbons (Fsp3) is 0.188. The highest BCUT2D eigenvalue weighted by Gasteiger charge is 2.30. The van der Waals surface area contributed by atoms with E-state index in [2.05, 4.69) is 0 Å². The van der Waals surface area contributed by atoms with E-state index in [0.717, 1.165) is 23.3 Å². The Hall–Kier alpha value is -2.28. The molecule has 1 nitrogen and oxygen atoms in total. The summed E-state index contributed by atoms with van der Waals surface area (Å²) in [6.07, 6.45) is -4.31. The van der Waals surface area contributed by atoms with Crippen LogP contribution in [0.2, 0.25) is 0 Å². The lowest BCUT2D eigenvalue weighted by Gasteiger charge is -2.14. The van der Waals surface area contributed by atoms with E-state index in [0.29, 0.717) is 5.56 Å². The van der Waals surface area contributed by atoms with Crippen molar-refractivity contribution < 1.29 is 13.2 Å². The minimum atomic E-state index is -4.31. The van der Waals surface area contributed by atoms with E-state index in [1.165, 1.54) is 12.1 Å². The van der Waals surface area contributed by atoms with Gasteiger partial charge in [-0.3, -0.25) is 0 Å². The summed E-state index contributed by atoms with van der Waals surface area (Å²) in [5, 5.41) is 8.73. The maximum Gasteiger partial charge on any atom is 0.416 e. The first kappa shape index (κ1) is 14.1. The molecular weight excluding hydrogens is 263 g/mol. The predicted octanol–water partition coefficient (Wildman–Crippen LogP) is 4.73. The van der Waals surface area contributed by atoms with E-state index in [9.17, 15) is 13.2 Å². The fourth-order valence-corrected chi connectivity index (χ4v) is 2.00. The highest BCUT2D eigenvalue weighted by molar-refractivity contribution is 5.38. The van der Waals surface area contributed by atoms with Crippen molar-refractivity contribution >= 4 is 0 Å². The molecule has 0 N–H and O–H groups in total. The van der Waals surface area contributed by atoms with E-state index >= 15 is 0 Å². The van der Waals surface area contributed by atoms with Gasteiger partial charge in [0, 0.05) is 5.92 Å². The van der Waals surface area contributed by atoms with E-state index in [1.54, 1.807) is 12.1 Å². The smallest absolute Gasteiger partial charge is 0.192 e. The lowest BCUT2D eigenvalue weighted by Crippen LogP contribution is -2.05. The van der Waals surface area contributed by atoms with Crippen molar-refractivity contribution in [3.63, 3.8) is 0 Å². The first-order valence-corrected chi connectivity index (χ1v) is 6.09. The van der Waals surface area contributed by atoms with Crippen molar-refractivity contribution in [3.05, 3.63) is 70.8 Å². The number of nitriles is 1. The SMILES string of the molecule is CC(c1ccc(C#N)cc1)c1ccc(C(F)(F)F)cc1. The van der Waals surface area contributed by atoms with Crippen molar-refractivity contribution in [1.82, 2.24) is 0 Å². The lowest BCUT2D eigenvalue weighted by atomic mass is 9.92. The minimum Gasteiger partial charge on any atom is -0.192 e. The van der Waals surface area contributed by atoms with E-state index < -0.39 is 11.7 Å². The molecule has 0 aliphatic rings. The van der Waals surface area contributed by atoms with Crippen LogP contribution in [0.15, 0.2) is 48.5 Å². The fourth-order valence-electron chi connectivity index (χ4n) is 2.00. The van der Waals surface area contributed by atoms with Crippen LogP contribution in [0.3, 0.4) is 0 Å². The van der Waals surface area contributed by atoms with Crippen LogP contribution in [0.1, 0.15) is 35.1 Å². The topological polar surface area (TPSA) is 23.8 Å². The summed E-state index contributed by atoms with van der Waals surface area (Å²) < 4.78 is 37.5. The van der Waals surface area contributed by atoms with Crippen LogP contribution in [0, 0.1) is 11.3 Å². The molecule has 2 aromatic rings. The summed E-state index contributed by atoms with van der Waals surface area (Å²) in [7, 11) is 0. The molecule has 0 saturated heterocycles. The molecular formula is C16H12F3N. The van der Waals surface area contributed by atoms with Gasteiger partial charge in [-0.25, -0.2) is 0 Å². The van der Waals surface area contributed by atoms with Gasteiger partial charge in [0.05, 0.1) is 17.2 Å². The molecule has 0 amide bonds. The Labute approximate surface area is 115 Å². The highest BCUT2D eigenvalue weighted by Crippen LogP contribution is 2.31. The maximum absolute atomic E-state index is 12.5. The molecule has 102 valence electrons. The second-order valence-electron chi connectivity index (χ2n) is 4.58. The predicted molar refractivity (Wildman–Crippen MR) is 70.1 cm³/mol. The molecule has 0 bridgehead atoms. The molecule has 0 aliphatic carbocycles. The molecule has 0 saturated carbocycles. The second kappa shape index (κ2) is 5.38. The van der Waals surface area contributed by atoms with E-state index in [4.69, 9.17) is 5.26 Å². The second-order valence-corrected chi connectivity index (χ2v) is 4.58. The number of nitrogens with zero attached hydrogens (tertiary/aromatic N) is 1. The minimum absolute atomic E-state index is 0.0231. The molecule has 0 heterocycles. The van der Waals surface area contributed by atoms with Crippen molar-refractivity contribution in [2.45, 2.75) is 19.0 Å². The number of benzene rings is 2. The molecule has 1 unspecified atom stereocenters. The quantitative estimate of drug-likeness (QED) is 0.777. The molecule has 2 aromatic carbocycles. The summed E-state index contributed by atoms with van der Waals surface area (Å²) >= 11 is 0. The average Bonchev–Trinajstić information content (AvgIpc) is 2.46. The Morgan fingerprint density at radius 1 is 0.900 bits per heavy atom. The third-order valence-corrected chi connectivity index (χ3v) is 3.28. The molecule has 0 spiro atoms. The number of rotatable bonds is 2. The Morgan fingerprint density at radius 2 is 1.35 bits per heavy atom. The van der Waals surface area contributed by atoms with Gasteiger partial charge in [-0.15, -0.1) is 0 Å². The molecule has 2 rings (SSSR count). The summed E-state index contributed by atoms with van der Waals surface area (Å²) in [5.41, 5.74) is 1.69. The van der Waals surface area contributed by atoms with E-state index in [-0.39, 0.29) is 5.92 Å². The molecule has 0 aliphatic heterocycles. The van der Waals surface area contributed by atoms with Gasteiger partial charge >= 0.3 is 6.18 Å². The van der Waals surface area contributed by atoms with Gasteiger partial charge in [0.2, 0.25) is 0 Å². The molecule has 0 aromatic heterocycles. The first-order chi connectivity index (χ1) is 9.41. The van der Waals surface area contributed by atoms with Gasteiger partial charge in [0.1, 0.15) is 0 Å². The monoisotopic (exact) mass is 275 g/mol. The Balaban J connectivity index is 2.24. The van der Waals surface area contributed by atoms with Crippen molar-refractivity contribution in [2.24, 2.45) is 0 Å². The number of alkyl halides is 3. The van der Waals surface area contributed by atoms with Gasteiger partial charge in [0.25, 0.3) is 0 Å². The summed E-state index contributed by atoms with van der Waals surface area (Å²) in [5.74, 6) is -0.0231. The molecule has 1 atom stereocenters. The average molecular weight is 275 g/mol. The Bertz CT molecular complexity index is 619. The standard InChI is InChI=1S/C16H12F3N/c1-11(13-4-2-12(10-20)3-5-13)14-6-8-15(9-7-14)16(17,18)19/h2-9,11H,1H3. The largest absolute Gasteiger partial charge is 0.416 e. The maximum atomic E-state index is 12.5. The van der Waals surface area contributed by atoms with Crippen LogP contribution >= 0.6 is 0 Å². The zero-order valence-electron chi connectivity index (χ0n) is 10.8. The lowest BCUT2D eigenvalue weighted by molar-refractivity contribution is -0.137. The van der Waals surface area contributed by atoms with Crippen LogP contribution in [0.4, 0.5) is 13.2 Å². The molecule has 0 radical (unpaired) electrons. The van der Waals surface area contributed by atoms with Crippen molar-refractivity contribution in [2.75, 3.05) is 0 Å².